The number of aryl methyl sites for hydroxylation is 1. The smallest absolute Gasteiger partial charge is 0.274 e. The largest absolute Gasteiger partial charge is 0.326 e. The number of nitro benzene ring substituents is 1. The van der Waals surface area contributed by atoms with E-state index in [4.69, 9.17) is 0 Å². The maximum atomic E-state index is 11.9. The highest BCUT2D eigenvalue weighted by atomic mass is 32.2. The van der Waals surface area contributed by atoms with Crippen molar-refractivity contribution in [2.45, 2.75) is 13.3 Å². The van der Waals surface area contributed by atoms with Crippen LogP contribution in [0.2, 0.25) is 0 Å². The number of sulfonamides is 1. The van der Waals surface area contributed by atoms with Crippen molar-refractivity contribution in [3.63, 3.8) is 0 Å². The molecular weight excluding hydrogens is 370 g/mol. The van der Waals surface area contributed by atoms with Crippen LogP contribution in [0.5, 0.6) is 0 Å². The molecule has 0 aliphatic rings. The summed E-state index contributed by atoms with van der Waals surface area (Å²) >= 11 is 0. The van der Waals surface area contributed by atoms with Gasteiger partial charge >= 0.3 is 0 Å². The fourth-order valence-electron chi connectivity index (χ4n) is 2.19. The quantitative estimate of drug-likeness (QED) is 0.532. The number of nitrogens with one attached hydrogen (secondary N) is 2. The number of carbonyl (C=O) groups excluding carboxylic acids is 1. The van der Waals surface area contributed by atoms with Gasteiger partial charge in [0.15, 0.2) is 0 Å². The van der Waals surface area contributed by atoms with Gasteiger partial charge in [0.1, 0.15) is 0 Å². The Kier molecular flexibility index (Phi) is 6.80. The van der Waals surface area contributed by atoms with E-state index in [2.05, 4.69) is 10.0 Å². The zero-order valence-electron chi connectivity index (χ0n) is 14.6. The number of hydrogen-bond acceptors (Lipinski definition) is 5. The Hall–Kier alpha value is -3.04. The summed E-state index contributed by atoms with van der Waals surface area (Å²) in [7, 11) is -3.67. The Balaban J connectivity index is 1.86. The molecule has 1 amide bonds. The van der Waals surface area contributed by atoms with E-state index in [1.165, 1.54) is 18.2 Å². The lowest BCUT2D eigenvalue weighted by molar-refractivity contribution is -0.385. The Morgan fingerprint density at radius 2 is 1.89 bits per heavy atom. The number of hydrogen-bond donors (Lipinski definition) is 2. The van der Waals surface area contributed by atoms with Crippen LogP contribution in [0.25, 0.3) is 6.08 Å². The van der Waals surface area contributed by atoms with E-state index in [9.17, 15) is 23.3 Å². The van der Waals surface area contributed by atoms with Crippen molar-refractivity contribution in [3.8, 4) is 0 Å². The van der Waals surface area contributed by atoms with Gasteiger partial charge < -0.3 is 5.32 Å². The van der Waals surface area contributed by atoms with Gasteiger partial charge in [-0.1, -0.05) is 36.4 Å². The van der Waals surface area contributed by atoms with Crippen molar-refractivity contribution in [1.29, 1.82) is 0 Å². The number of nitro groups is 1. The van der Waals surface area contributed by atoms with Gasteiger partial charge in [0.05, 0.1) is 4.92 Å². The molecule has 0 unspecified atom stereocenters. The Morgan fingerprint density at radius 1 is 1.19 bits per heavy atom. The molecule has 2 aromatic rings. The normalized spacial score (nSPS) is 11.4. The second kappa shape index (κ2) is 9.06. The first-order valence-electron chi connectivity index (χ1n) is 8.04. The van der Waals surface area contributed by atoms with E-state index in [0.29, 0.717) is 5.56 Å². The average Bonchev–Trinajstić information content (AvgIpc) is 2.62. The number of anilines is 1. The highest BCUT2D eigenvalue weighted by Crippen LogP contribution is 2.22. The molecule has 142 valence electrons. The van der Waals surface area contributed by atoms with Gasteiger partial charge in [-0.3, -0.25) is 14.9 Å². The Morgan fingerprint density at radius 3 is 2.56 bits per heavy atom. The number of carbonyl (C=O) groups is 1. The first-order chi connectivity index (χ1) is 12.8. The van der Waals surface area contributed by atoms with Crippen LogP contribution in [0, 0.1) is 17.0 Å². The summed E-state index contributed by atoms with van der Waals surface area (Å²) in [5, 5.41) is 14.5. The van der Waals surface area contributed by atoms with Crippen LogP contribution in [0.1, 0.15) is 17.5 Å². The third-order valence-corrected chi connectivity index (χ3v) is 4.68. The SMILES string of the molecule is Cc1ccc(NC(=O)CCNS(=O)(=O)/C=C\c2ccccc2)cc1[N+](=O)[O-]. The molecular formula is C18H19N3O5S. The highest BCUT2D eigenvalue weighted by Gasteiger charge is 2.13. The number of benzene rings is 2. The Bertz CT molecular complexity index is 956. The maximum Gasteiger partial charge on any atom is 0.274 e. The van der Waals surface area contributed by atoms with Crippen molar-refractivity contribution in [2.24, 2.45) is 0 Å². The summed E-state index contributed by atoms with van der Waals surface area (Å²) in [4.78, 5) is 22.3. The fraction of sp³-hybridized carbons (Fsp3) is 0.167. The summed E-state index contributed by atoms with van der Waals surface area (Å²) in [6.45, 7) is 1.50. The molecule has 0 atom stereocenters. The van der Waals surface area contributed by atoms with E-state index in [1.807, 2.05) is 6.07 Å². The zero-order valence-corrected chi connectivity index (χ0v) is 15.4. The molecule has 2 rings (SSSR count). The lowest BCUT2D eigenvalue weighted by atomic mass is 10.2. The Labute approximate surface area is 157 Å². The molecule has 8 nitrogen and oxygen atoms in total. The predicted molar refractivity (Wildman–Crippen MR) is 103 cm³/mol. The molecule has 2 aromatic carbocycles. The molecule has 9 heteroatoms. The minimum atomic E-state index is -3.67. The van der Waals surface area contributed by atoms with Gasteiger partial charge in [-0.15, -0.1) is 0 Å². The first kappa shape index (κ1) is 20.3. The molecule has 0 spiro atoms. The van der Waals surface area contributed by atoms with Crippen LogP contribution in [0.15, 0.2) is 53.9 Å². The number of amides is 1. The average molecular weight is 389 g/mol. The molecule has 27 heavy (non-hydrogen) atoms. The van der Waals surface area contributed by atoms with E-state index < -0.39 is 20.9 Å². The van der Waals surface area contributed by atoms with Crippen LogP contribution >= 0.6 is 0 Å². The van der Waals surface area contributed by atoms with Gasteiger partial charge in [0.2, 0.25) is 15.9 Å². The third kappa shape index (κ3) is 6.65. The summed E-state index contributed by atoms with van der Waals surface area (Å²) in [6, 6.07) is 13.3. The van der Waals surface area contributed by atoms with Gasteiger partial charge in [0.25, 0.3) is 5.69 Å². The van der Waals surface area contributed by atoms with Gasteiger partial charge in [-0.05, 0) is 24.6 Å². The molecule has 0 heterocycles. The van der Waals surface area contributed by atoms with Crippen LogP contribution in [-0.2, 0) is 14.8 Å². The third-order valence-electron chi connectivity index (χ3n) is 3.58. The van der Waals surface area contributed by atoms with Crippen LogP contribution in [0.3, 0.4) is 0 Å². The van der Waals surface area contributed by atoms with E-state index in [1.54, 1.807) is 37.3 Å². The number of nitrogens with zero attached hydrogens (tertiary/aromatic N) is 1. The van der Waals surface area contributed by atoms with Crippen molar-refractivity contribution in [3.05, 3.63) is 75.2 Å². The molecule has 0 aliphatic heterocycles. The minimum absolute atomic E-state index is 0.0960. The van der Waals surface area contributed by atoms with E-state index >= 15 is 0 Å². The van der Waals surface area contributed by atoms with Crippen molar-refractivity contribution in [1.82, 2.24) is 4.72 Å². The van der Waals surface area contributed by atoms with E-state index in [0.717, 1.165) is 11.0 Å². The summed E-state index contributed by atoms with van der Waals surface area (Å²) in [5.41, 5.74) is 1.40. The number of rotatable bonds is 8. The van der Waals surface area contributed by atoms with Gasteiger partial charge in [0, 0.05) is 35.7 Å². The lowest BCUT2D eigenvalue weighted by Gasteiger charge is -2.07. The standard InChI is InChI=1S/C18H19N3O5S/c1-14-7-8-16(13-17(14)21(23)24)20-18(22)9-11-19-27(25,26)12-10-15-5-3-2-4-6-15/h2-8,10,12-13,19H,9,11H2,1H3,(H,20,22)/b12-10-. The molecule has 0 aliphatic carbocycles. The molecule has 0 saturated carbocycles. The second-order valence-corrected chi connectivity index (χ2v) is 7.36. The molecule has 0 radical (unpaired) electrons. The van der Waals surface area contributed by atoms with Crippen molar-refractivity contribution in [2.75, 3.05) is 11.9 Å². The summed E-state index contributed by atoms with van der Waals surface area (Å²) in [6.07, 6.45) is 1.34. The topological polar surface area (TPSA) is 118 Å². The molecule has 0 aromatic heterocycles. The van der Waals surface area contributed by atoms with Crippen molar-refractivity contribution >= 4 is 33.4 Å². The molecule has 0 fully saturated rings. The highest BCUT2D eigenvalue weighted by molar-refractivity contribution is 7.92. The summed E-state index contributed by atoms with van der Waals surface area (Å²) < 4.78 is 26.1. The predicted octanol–water partition coefficient (Wildman–Crippen LogP) is 2.82. The van der Waals surface area contributed by atoms with Gasteiger partial charge in [-0.2, -0.15) is 0 Å². The van der Waals surface area contributed by atoms with Crippen LogP contribution in [-0.4, -0.2) is 25.8 Å². The lowest BCUT2D eigenvalue weighted by Crippen LogP contribution is -2.26. The zero-order chi connectivity index (χ0) is 19.9. The van der Waals surface area contributed by atoms with E-state index in [-0.39, 0.29) is 24.3 Å². The molecule has 0 bridgehead atoms. The van der Waals surface area contributed by atoms with Gasteiger partial charge in [-0.25, -0.2) is 13.1 Å². The summed E-state index contributed by atoms with van der Waals surface area (Å²) in [5.74, 6) is -0.456. The molecule has 0 saturated heterocycles. The first-order valence-corrected chi connectivity index (χ1v) is 9.59. The molecule has 2 N–H and O–H groups in total. The van der Waals surface area contributed by atoms with Crippen LogP contribution < -0.4 is 10.0 Å². The monoisotopic (exact) mass is 389 g/mol. The second-order valence-electron chi connectivity index (χ2n) is 5.71. The fourth-order valence-corrected chi connectivity index (χ4v) is 3.01. The van der Waals surface area contributed by atoms with Crippen molar-refractivity contribution < 1.29 is 18.1 Å². The maximum absolute atomic E-state index is 11.9. The van der Waals surface area contributed by atoms with Crippen LogP contribution in [0.4, 0.5) is 11.4 Å². The minimum Gasteiger partial charge on any atom is -0.326 e.